The van der Waals surface area contributed by atoms with Gasteiger partial charge in [-0.1, -0.05) is 60.7 Å². The molecular formula is C37H38F3N4O8P. The Morgan fingerprint density at radius 3 is 2.15 bits per heavy atom. The predicted octanol–water partition coefficient (Wildman–Crippen LogP) is 7.95. The highest BCUT2D eigenvalue weighted by Gasteiger charge is 2.41. The van der Waals surface area contributed by atoms with Crippen LogP contribution in [0.3, 0.4) is 0 Å². The molecule has 12 nitrogen and oxygen atoms in total. The van der Waals surface area contributed by atoms with E-state index in [4.69, 9.17) is 27.8 Å². The van der Waals surface area contributed by atoms with Crippen LogP contribution in [0.1, 0.15) is 48.7 Å². The summed E-state index contributed by atoms with van der Waals surface area (Å²) in [4.78, 5) is 17.4. The van der Waals surface area contributed by atoms with Crippen molar-refractivity contribution in [2.45, 2.75) is 70.9 Å². The minimum absolute atomic E-state index is 0.0158. The molecule has 1 N–H and O–H groups in total. The summed E-state index contributed by atoms with van der Waals surface area (Å²) in [5, 5.41) is 6.82. The number of hydrogen-bond donors (Lipinski definition) is 1. The summed E-state index contributed by atoms with van der Waals surface area (Å²) in [6, 6.07) is 20.4. The third-order valence-corrected chi connectivity index (χ3v) is 10.1. The Morgan fingerprint density at radius 1 is 0.981 bits per heavy atom. The lowest BCUT2D eigenvalue weighted by atomic mass is 10.0. The molecule has 2 heterocycles. The zero-order valence-corrected chi connectivity index (χ0v) is 30.2. The fourth-order valence-electron chi connectivity index (χ4n) is 5.25. The smallest absolute Gasteiger partial charge is 0.476 e. The molecule has 2 aromatic heterocycles. The second-order valence-corrected chi connectivity index (χ2v) is 14.4. The summed E-state index contributed by atoms with van der Waals surface area (Å²) in [7, 11) is -2.89. The third-order valence-electron chi connectivity index (χ3n) is 8.51. The molecule has 16 heteroatoms. The highest BCUT2D eigenvalue weighted by atomic mass is 31.2. The number of alkyl halides is 3. The first-order valence-corrected chi connectivity index (χ1v) is 18.1. The molecule has 1 fully saturated rings. The maximum absolute atomic E-state index is 14.0. The van der Waals surface area contributed by atoms with E-state index >= 15 is 0 Å². The number of phosphoric acid groups is 1. The van der Waals surface area contributed by atoms with Gasteiger partial charge in [-0.05, 0) is 49.6 Å². The van der Waals surface area contributed by atoms with Crippen molar-refractivity contribution >= 4 is 19.4 Å². The normalized spacial score (nSPS) is 16.4. The number of carbonyl (C=O) groups excluding carboxylic acids is 1. The van der Waals surface area contributed by atoms with Crippen molar-refractivity contribution in [2.24, 2.45) is 0 Å². The van der Waals surface area contributed by atoms with E-state index in [-0.39, 0.29) is 36.7 Å². The molecule has 6 rings (SSSR count). The van der Waals surface area contributed by atoms with Gasteiger partial charge >= 0.3 is 14.4 Å². The van der Waals surface area contributed by atoms with E-state index in [1.54, 1.807) is 27.0 Å². The molecule has 0 spiro atoms. The molecular weight excluding hydrogens is 716 g/mol. The fraction of sp³-hybridized carbons (Fsp3) is 0.324. The van der Waals surface area contributed by atoms with Crippen LogP contribution < -0.4 is 19.5 Å². The molecule has 1 aliphatic rings. The second kappa shape index (κ2) is 16.0. The fourth-order valence-corrected chi connectivity index (χ4v) is 6.77. The van der Waals surface area contributed by atoms with E-state index < -0.39 is 50.0 Å². The zero-order valence-electron chi connectivity index (χ0n) is 29.3. The number of ether oxygens (including phenoxy) is 3. The lowest BCUT2D eigenvalue weighted by Gasteiger charge is -2.34. The molecule has 0 aliphatic heterocycles. The number of amides is 1. The molecule has 3 aromatic carbocycles. The van der Waals surface area contributed by atoms with Gasteiger partial charge in [-0.3, -0.25) is 18.4 Å². The highest BCUT2D eigenvalue weighted by molar-refractivity contribution is 7.48. The van der Waals surface area contributed by atoms with Crippen molar-refractivity contribution in [1.29, 1.82) is 0 Å². The number of nitrogens with zero attached hydrogens (tertiary/aromatic N) is 3. The number of rotatable bonds is 17. The number of phosphoric ester groups is 1. The largest absolute Gasteiger partial charge is 0.496 e. The Hall–Kier alpha value is -4.95. The standard InChI is InChI=1S/C37H38F3N4O8P/c1-23(37(2,3)52-53(46,48-21-24-11-7-5-8-12-24)49-22-25-13-9-6-10-14-25)50-27-18-41-34-28(19-42-44(34)20-27)26-15-31(47-4)33(32(16-26)51-36(39)40)35(45)43-30-17-29(30)38/h5-16,18-20,23,29-30,36H,17,21-22H2,1-4H3,(H,43,45)/t23-,29-,30?/m0/s1. The maximum atomic E-state index is 14.0. The van der Waals surface area contributed by atoms with Gasteiger partial charge in [-0.25, -0.2) is 18.5 Å². The maximum Gasteiger partial charge on any atom is 0.476 e. The molecule has 53 heavy (non-hydrogen) atoms. The molecule has 1 saturated carbocycles. The Labute approximate surface area is 303 Å². The van der Waals surface area contributed by atoms with E-state index in [2.05, 4.69) is 15.4 Å². The van der Waals surface area contributed by atoms with Crippen LogP contribution in [-0.2, 0) is 31.4 Å². The van der Waals surface area contributed by atoms with E-state index in [1.807, 2.05) is 60.7 Å². The van der Waals surface area contributed by atoms with Crippen molar-refractivity contribution < 1.29 is 50.3 Å². The molecule has 0 bridgehead atoms. The van der Waals surface area contributed by atoms with Crippen molar-refractivity contribution in [3.63, 3.8) is 0 Å². The van der Waals surface area contributed by atoms with Gasteiger partial charge in [-0.15, -0.1) is 0 Å². The monoisotopic (exact) mass is 754 g/mol. The molecule has 0 saturated heterocycles. The molecule has 280 valence electrons. The molecule has 1 aliphatic carbocycles. The average Bonchev–Trinajstić information content (AvgIpc) is 3.66. The van der Waals surface area contributed by atoms with Gasteiger partial charge in [0, 0.05) is 12.0 Å². The minimum Gasteiger partial charge on any atom is -0.496 e. The molecule has 1 unspecified atom stereocenters. The Kier molecular flexibility index (Phi) is 11.4. The van der Waals surface area contributed by atoms with Gasteiger partial charge in [0.1, 0.15) is 34.9 Å². The van der Waals surface area contributed by atoms with Gasteiger partial charge in [0.2, 0.25) is 0 Å². The van der Waals surface area contributed by atoms with Crippen molar-refractivity contribution in [3.05, 3.63) is 108 Å². The molecule has 3 atom stereocenters. The number of carbonyl (C=O) groups is 1. The first-order chi connectivity index (χ1) is 25.3. The Morgan fingerprint density at radius 2 is 1.58 bits per heavy atom. The number of fused-ring (bicyclic) bond motifs is 1. The van der Waals surface area contributed by atoms with Gasteiger partial charge in [0.15, 0.2) is 11.4 Å². The molecule has 5 aromatic rings. The van der Waals surface area contributed by atoms with Crippen LogP contribution in [0.4, 0.5) is 13.2 Å². The van der Waals surface area contributed by atoms with Gasteiger partial charge < -0.3 is 19.5 Å². The summed E-state index contributed by atoms with van der Waals surface area (Å²) >= 11 is 0. The van der Waals surface area contributed by atoms with E-state index in [0.717, 1.165) is 11.1 Å². The van der Waals surface area contributed by atoms with E-state index in [0.29, 0.717) is 16.8 Å². The first kappa shape index (κ1) is 37.8. The third kappa shape index (κ3) is 9.35. The van der Waals surface area contributed by atoms with Gasteiger partial charge in [0.05, 0.1) is 45.0 Å². The van der Waals surface area contributed by atoms with Crippen LogP contribution in [-0.4, -0.2) is 58.1 Å². The molecule has 0 radical (unpaired) electrons. The number of nitrogens with one attached hydrogen (secondary N) is 1. The van der Waals surface area contributed by atoms with Crippen LogP contribution >= 0.6 is 7.82 Å². The van der Waals surface area contributed by atoms with Crippen LogP contribution in [0.25, 0.3) is 16.8 Å². The SMILES string of the molecule is COc1cc(-c2cnn3cc(O[C@@H](C)C(C)(C)OP(=O)(OCc4ccccc4)OCc4ccccc4)cnc23)cc(OC(F)F)c1C(=O)NC1C[C@@H]1F. The average molecular weight is 755 g/mol. The number of halogens is 3. The lowest BCUT2D eigenvalue weighted by molar-refractivity contribution is -0.0502. The lowest BCUT2D eigenvalue weighted by Crippen LogP contribution is -2.40. The van der Waals surface area contributed by atoms with Crippen LogP contribution in [0.5, 0.6) is 17.2 Å². The summed E-state index contributed by atoms with van der Waals surface area (Å²) in [5.74, 6) is -1.06. The van der Waals surface area contributed by atoms with Crippen molar-refractivity contribution in [1.82, 2.24) is 19.9 Å². The second-order valence-electron chi connectivity index (χ2n) is 12.8. The number of benzene rings is 3. The number of hydrogen-bond acceptors (Lipinski definition) is 10. The van der Waals surface area contributed by atoms with Crippen LogP contribution in [0.2, 0.25) is 0 Å². The van der Waals surface area contributed by atoms with Gasteiger partial charge in [-0.2, -0.15) is 13.9 Å². The number of aromatic nitrogens is 3. The Bertz CT molecular complexity index is 2040. The topological polar surface area (TPSA) is 132 Å². The minimum atomic E-state index is -4.16. The quantitative estimate of drug-likeness (QED) is 0.0934. The van der Waals surface area contributed by atoms with Crippen molar-refractivity contribution in [2.75, 3.05) is 7.11 Å². The summed E-state index contributed by atoms with van der Waals surface area (Å²) in [6.07, 6.45) is 2.63. The van der Waals surface area contributed by atoms with E-state index in [9.17, 15) is 22.5 Å². The molecule has 1 amide bonds. The predicted molar refractivity (Wildman–Crippen MR) is 188 cm³/mol. The van der Waals surface area contributed by atoms with Crippen molar-refractivity contribution in [3.8, 4) is 28.4 Å². The summed E-state index contributed by atoms with van der Waals surface area (Å²) < 4.78 is 89.8. The number of methoxy groups -OCH3 is 1. The van der Waals surface area contributed by atoms with Crippen LogP contribution in [0, 0.1) is 0 Å². The van der Waals surface area contributed by atoms with Gasteiger partial charge in [0.25, 0.3) is 5.91 Å². The highest BCUT2D eigenvalue weighted by Crippen LogP contribution is 2.54. The van der Waals surface area contributed by atoms with E-state index in [1.165, 1.54) is 36.2 Å². The Balaban J connectivity index is 1.20. The zero-order chi connectivity index (χ0) is 37.8. The van der Waals surface area contributed by atoms with Crippen LogP contribution in [0.15, 0.2) is 91.4 Å². The first-order valence-electron chi connectivity index (χ1n) is 16.6. The summed E-state index contributed by atoms with van der Waals surface area (Å²) in [5.41, 5.74) is 1.07. The summed E-state index contributed by atoms with van der Waals surface area (Å²) in [6.45, 7) is 1.82.